The summed E-state index contributed by atoms with van der Waals surface area (Å²) in [7, 11) is 0. The van der Waals surface area contributed by atoms with Crippen molar-refractivity contribution in [2.75, 3.05) is 0 Å². The van der Waals surface area contributed by atoms with Crippen molar-refractivity contribution in [3.63, 3.8) is 0 Å². The van der Waals surface area contributed by atoms with Crippen molar-refractivity contribution in [3.05, 3.63) is 47.6 Å². The molecule has 0 aromatic carbocycles. The van der Waals surface area contributed by atoms with E-state index in [1.165, 1.54) is 6.08 Å². The van der Waals surface area contributed by atoms with Gasteiger partial charge in [-0.2, -0.15) is 0 Å². The van der Waals surface area contributed by atoms with Crippen molar-refractivity contribution < 1.29 is 18.3 Å². The molecule has 1 aromatic heterocycles. The highest BCUT2D eigenvalue weighted by atomic mass is 19.1. The molecule has 0 amide bonds. The van der Waals surface area contributed by atoms with Gasteiger partial charge in [-0.15, -0.1) is 0 Å². The third kappa shape index (κ3) is 2.59. The van der Waals surface area contributed by atoms with E-state index in [4.69, 9.17) is 9.15 Å². The minimum Gasteiger partial charge on any atom is -0.486 e. The largest absolute Gasteiger partial charge is 0.486 e. The van der Waals surface area contributed by atoms with Crippen molar-refractivity contribution in [1.82, 2.24) is 0 Å². The van der Waals surface area contributed by atoms with E-state index in [1.807, 2.05) is 0 Å². The molecular weight excluding hydrogens is 211 g/mol. The standard InChI is InChI=1S/C12H11FO3/c13-9-1-3-10(4-2-9)15-8-12-6-5-11(7-14)16-12/h1,3-7,9H,2,8H2. The van der Waals surface area contributed by atoms with E-state index < -0.39 is 6.17 Å². The van der Waals surface area contributed by atoms with Crippen LogP contribution in [-0.2, 0) is 11.3 Å². The van der Waals surface area contributed by atoms with Crippen LogP contribution in [0.1, 0.15) is 22.7 Å². The maximum Gasteiger partial charge on any atom is 0.185 e. The van der Waals surface area contributed by atoms with Gasteiger partial charge in [-0.05, 0) is 30.4 Å². The lowest BCUT2D eigenvalue weighted by molar-refractivity contribution is 0.109. The van der Waals surface area contributed by atoms with E-state index in [9.17, 15) is 9.18 Å². The van der Waals surface area contributed by atoms with Crippen LogP contribution in [0.25, 0.3) is 0 Å². The van der Waals surface area contributed by atoms with Gasteiger partial charge in [-0.3, -0.25) is 4.79 Å². The van der Waals surface area contributed by atoms with Gasteiger partial charge in [-0.1, -0.05) is 0 Å². The average molecular weight is 222 g/mol. The lowest BCUT2D eigenvalue weighted by atomic mass is 10.1. The molecule has 0 radical (unpaired) electrons. The van der Waals surface area contributed by atoms with Crippen LogP contribution in [0.4, 0.5) is 4.39 Å². The fraction of sp³-hybridized carbons (Fsp3) is 0.250. The number of carbonyl (C=O) groups excluding carboxylic acids is 1. The third-order valence-corrected chi connectivity index (χ3v) is 2.19. The van der Waals surface area contributed by atoms with Crippen molar-refractivity contribution in [2.24, 2.45) is 0 Å². The molecule has 84 valence electrons. The zero-order valence-electron chi connectivity index (χ0n) is 8.56. The Kier molecular flexibility index (Phi) is 3.19. The number of carbonyl (C=O) groups is 1. The topological polar surface area (TPSA) is 39.4 Å². The number of ether oxygens (including phenoxy) is 1. The van der Waals surface area contributed by atoms with E-state index in [-0.39, 0.29) is 12.4 Å². The highest BCUT2D eigenvalue weighted by Gasteiger charge is 2.08. The summed E-state index contributed by atoms with van der Waals surface area (Å²) in [6, 6.07) is 3.25. The van der Waals surface area contributed by atoms with Crippen LogP contribution in [0.5, 0.6) is 0 Å². The second-order valence-corrected chi connectivity index (χ2v) is 3.43. The Morgan fingerprint density at radius 2 is 2.44 bits per heavy atom. The zero-order chi connectivity index (χ0) is 11.4. The van der Waals surface area contributed by atoms with Crippen molar-refractivity contribution in [3.8, 4) is 0 Å². The highest BCUT2D eigenvalue weighted by Crippen LogP contribution is 2.16. The predicted octanol–water partition coefficient (Wildman–Crippen LogP) is 2.79. The first-order valence-corrected chi connectivity index (χ1v) is 4.97. The second kappa shape index (κ2) is 4.79. The zero-order valence-corrected chi connectivity index (χ0v) is 8.56. The summed E-state index contributed by atoms with van der Waals surface area (Å²) in [4.78, 5) is 10.4. The van der Waals surface area contributed by atoms with Crippen molar-refractivity contribution in [2.45, 2.75) is 19.2 Å². The lowest BCUT2D eigenvalue weighted by Crippen LogP contribution is -2.01. The Morgan fingerprint density at radius 1 is 1.56 bits per heavy atom. The van der Waals surface area contributed by atoms with Crippen molar-refractivity contribution in [1.29, 1.82) is 0 Å². The van der Waals surface area contributed by atoms with Gasteiger partial charge in [0.25, 0.3) is 0 Å². The summed E-state index contributed by atoms with van der Waals surface area (Å²) in [6.45, 7) is 0.237. The predicted molar refractivity (Wildman–Crippen MR) is 55.6 cm³/mol. The molecule has 1 atom stereocenters. The molecule has 1 aromatic rings. The number of hydrogen-bond donors (Lipinski definition) is 0. The molecule has 0 spiro atoms. The van der Waals surface area contributed by atoms with Gasteiger partial charge >= 0.3 is 0 Å². The Balaban J connectivity index is 1.88. The third-order valence-electron chi connectivity index (χ3n) is 2.19. The van der Waals surface area contributed by atoms with Gasteiger partial charge in [0.2, 0.25) is 0 Å². The summed E-state index contributed by atoms with van der Waals surface area (Å²) in [5, 5.41) is 0. The number of allylic oxidation sites excluding steroid dienone is 3. The number of alkyl halides is 1. The van der Waals surface area contributed by atoms with Crippen LogP contribution < -0.4 is 0 Å². The number of aldehydes is 1. The van der Waals surface area contributed by atoms with Crippen LogP contribution >= 0.6 is 0 Å². The van der Waals surface area contributed by atoms with Crippen LogP contribution in [0.15, 0.2) is 40.5 Å². The molecule has 0 fully saturated rings. The molecule has 4 heteroatoms. The molecule has 3 nitrogen and oxygen atoms in total. The summed E-state index contributed by atoms with van der Waals surface area (Å²) >= 11 is 0. The Hall–Kier alpha value is -1.84. The van der Waals surface area contributed by atoms with E-state index in [0.29, 0.717) is 24.2 Å². The number of hydrogen-bond acceptors (Lipinski definition) is 3. The van der Waals surface area contributed by atoms with E-state index in [0.717, 1.165) is 0 Å². The number of rotatable bonds is 4. The lowest BCUT2D eigenvalue weighted by Gasteiger charge is -2.10. The molecule has 1 heterocycles. The Labute approximate surface area is 92.2 Å². The molecule has 0 aliphatic heterocycles. The van der Waals surface area contributed by atoms with Crippen LogP contribution in [0, 0.1) is 0 Å². The summed E-state index contributed by atoms with van der Waals surface area (Å²) in [6.07, 6.45) is 4.79. The molecule has 0 saturated heterocycles. The normalized spacial score (nSPS) is 19.3. The summed E-state index contributed by atoms with van der Waals surface area (Å²) in [5.41, 5.74) is 0. The summed E-state index contributed by atoms with van der Waals surface area (Å²) in [5.74, 6) is 1.47. The summed E-state index contributed by atoms with van der Waals surface area (Å²) < 4.78 is 23.2. The monoisotopic (exact) mass is 222 g/mol. The molecule has 0 bridgehead atoms. The second-order valence-electron chi connectivity index (χ2n) is 3.43. The smallest absolute Gasteiger partial charge is 0.185 e. The van der Waals surface area contributed by atoms with Gasteiger partial charge < -0.3 is 9.15 Å². The molecular formula is C12H11FO3. The SMILES string of the molecule is O=Cc1ccc(COC2=CCC(F)C=C2)o1. The molecule has 16 heavy (non-hydrogen) atoms. The van der Waals surface area contributed by atoms with Crippen LogP contribution in [0.2, 0.25) is 0 Å². The fourth-order valence-electron chi connectivity index (χ4n) is 1.37. The van der Waals surface area contributed by atoms with Gasteiger partial charge in [0.05, 0.1) is 0 Å². The van der Waals surface area contributed by atoms with Crippen molar-refractivity contribution >= 4 is 6.29 Å². The van der Waals surface area contributed by atoms with Gasteiger partial charge in [0.15, 0.2) is 12.0 Å². The van der Waals surface area contributed by atoms with Crippen LogP contribution in [-0.4, -0.2) is 12.5 Å². The molecule has 2 rings (SSSR count). The van der Waals surface area contributed by atoms with Gasteiger partial charge in [-0.25, -0.2) is 4.39 Å². The molecule has 0 N–H and O–H groups in total. The molecule has 1 aliphatic rings. The van der Waals surface area contributed by atoms with Gasteiger partial charge in [0, 0.05) is 6.42 Å². The number of furan rings is 1. The maximum atomic E-state index is 12.7. The maximum absolute atomic E-state index is 12.7. The van der Waals surface area contributed by atoms with Gasteiger partial charge in [0.1, 0.15) is 24.3 Å². The minimum absolute atomic E-state index is 0.237. The van der Waals surface area contributed by atoms with E-state index in [2.05, 4.69) is 0 Å². The first-order valence-electron chi connectivity index (χ1n) is 4.97. The van der Waals surface area contributed by atoms with Crippen LogP contribution in [0.3, 0.4) is 0 Å². The fourth-order valence-corrected chi connectivity index (χ4v) is 1.37. The van der Waals surface area contributed by atoms with E-state index in [1.54, 1.807) is 24.3 Å². The first kappa shape index (κ1) is 10.7. The Morgan fingerprint density at radius 3 is 3.06 bits per heavy atom. The molecule has 1 unspecified atom stereocenters. The highest BCUT2D eigenvalue weighted by molar-refractivity contribution is 5.70. The van der Waals surface area contributed by atoms with E-state index >= 15 is 0 Å². The first-order chi connectivity index (χ1) is 7.78. The molecule has 0 saturated carbocycles. The Bertz CT molecular complexity index is 431. The quantitative estimate of drug-likeness (QED) is 0.735. The minimum atomic E-state index is -0.919. The molecule has 1 aliphatic carbocycles. The number of halogens is 1. The average Bonchev–Trinajstić information content (AvgIpc) is 2.76.